The molecule has 2 rings (SSSR count). The van der Waals surface area contributed by atoms with E-state index in [0.29, 0.717) is 0 Å². The third kappa shape index (κ3) is 3.25. The standard InChI is InChI=1S/C6H8O2.C5H9NO2/c1-4-3-5(2)8-6(4)7;1-4-3-6(2)5(7)8-4/h3,5H,1-2H3;4H,3H2,1-2H3/t5-;4-/m00/s1. The number of rotatable bonds is 0. The van der Waals surface area contributed by atoms with Crippen molar-refractivity contribution in [2.45, 2.75) is 33.0 Å². The summed E-state index contributed by atoms with van der Waals surface area (Å²) in [5, 5.41) is 0. The third-order valence-corrected chi connectivity index (χ3v) is 2.24. The van der Waals surface area contributed by atoms with Crippen molar-refractivity contribution in [3.8, 4) is 0 Å². The minimum atomic E-state index is -0.211. The highest BCUT2D eigenvalue weighted by Crippen LogP contribution is 2.10. The van der Waals surface area contributed by atoms with Crippen molar-refractivity contribution >= 4 is 12.1 Å². The molecule has 0 saturated carbocycles. The van der Waals surface area contributed by atoms with Crippen LogP contribution in [0.2, 0.25) is 0 Å². The molecule has 5 heteroatoms. The molecule has 1 amide bonds. The Kier molecular flexibility index (Phi) is 3.93. The molecule has 0 aromatic rings. The number of ether oxygens (including phenoxy) is 2. The second-order valence-electron chi connectivity index (χ2n) is 4.04. The van der Waals surface area contributed by atoms with Gasteiger partial charge in [-0.25, -0.2) is 9.59 Å². The van der Waals surface area contributed by atoms with Gasteiger partial charge in [-0.3, -0.25) is 0 Å². The monoisotopic (exact) mass is 227 g/mol. The number of hydrogen-bond donors (Lipinski definition) is 0. The van der Waals surface area contributed by atoms with Crippen molar-refractivity contribution in [2.24, 2.45) is 0 Å². The van der Waals surface area contributed by atoms with Gasteiger partial charge >= 0.3 is 12.1 Å². The Bertz CT molecular complexity index is 324. The van der Waals surface area contributed by atoms with E-state index in [2.05, 4.69) is 0 Å². The largest absolute Gasteiger partial charge is 0.455 e. The van der Waals surface area contributed by atoms with E-state index in [1.807, 2.05) is 19.9 Å². The molecule has 0 aliphatic carbocycles. The number of hydrogen-bond acceptors (Lipinski definition) is 4. The van der Waals surface area contributed by atoms with Crippen molar-refractivity contribution < 1.29 is 19.1 Å². The SMILES string of the molecule is CC1=C[C@H](C)OC1=O.C[C@H]1CN(C)C(=O)O1. The molecule has 0 aromatic carbocycles. The van der Waals surface area contributed by atoms with Crippen LogP contribution in [0.1, 0.15) is 20.8 Å². The molecule has 0 spiro atoms. The van der Waals surface area contributed by atoms with Gasteiger partial charge in [-0.05, 0) is 26.8 Å². The average molecular weight is 227 g/mol. The number of esters is 1. The number of carbonyl (C=O) groups excluding carboxylic acids is 2. The zero-order valence-electron chi connectivity index (χ0n) is 10.0. The van der Waals surface area contributed by atoms with Gasteiger partial charge in [0.1, 0.15) is 12.2 Å². The fraction of sp³-hybridized carbons (Fsp3) is 0.636. The van der Waals surface area contributed by atoms with E-state index in [9.17, 15) is 9.59 Å². The summed E-state index contributed by atoms with van der Waals surface area (Å²) in [6, 6.07) is 0. The molecule has 2 heterocycles. The van der Waals surface area contributed by atoms with Crippen LogP contribution in [0, 0.1) is 0 Å². The van der Waals surface area contributed by atoms with Crippen molar-refractivity contribution in [1.29, 1.82) is 0 Å². The Hall–Kier alpha value is -1.52. The summed E-state index contributed by atoms with van der Waals surface area (Å²) in [6.45, 7) is 6.19. The van der Waals surface area contributed by atoms with Gasteiger partial charge < -0.3 is 14.4 Å². The molecule has 1 saturated heterocycles. The van der Waals surface area contributed by atoms with Gasteiger partial charge in [-0.2, -0.15) is 0 Å². The van der Waals surface area contributed by atoms with Crippen LogP contribution in [0.15, 0.2) is 11.6 Å². The Morgan fingerprint density at radius 2 is 1.94 bits per heavy atom. The van der Waals surface area contributed by atoms with Crippen LogP contribution in [-0.2, 0) is 14.3 Å². The normalized spacial score (nSPS) is 28.0. The zero-order chi connectivity index (χ0) is 12.3. The molecular formula is C11H17NO4. The van der Waals surface area contributed by atoms with Crippen LogP contribution < -0.4 is 0 Å². The van der Waals surface area contributed by atoms with Gasteiger partial charge in [0, 0.05) is 12.6 Å². The van der Waals surface area contributed by atoms with E-state index in [-0.39, 0.29) is 24.3 Å². The van der Waals surface area contributed by atoms with Crippen LogP contribution in [0.4, 0.5) is 4.79 Å². The summed E-state index contributed by atoms with van der Waals surface area (Å²) in [5.74, 6) is -0.183. The van der Waals surface area contributed by atoms with Gasteiger partial charge in [0.25, 0.3) is 0 Å². The van der Waals surface area contributed by atoms with Gasteiger partial charge in [-0.15, -0.1) is 0 Å². The fourth-order valence-electron chi connectivity index (χ4n) is 1.48. The molecule has 0 unspecified atom stereocenters. The Morgan fingerprint density at radius 1 is 1.31 bits per heavy atom. The first-order chi connectivity index (χ1) is 7.40. The summed E-state index contributed by atoms with van der Waals surface area (Å²) in [7, 11) is 1.73. The highest BCUT2D eigenvalue weighted by Gasteiger charge is 2.23. The van der Waals surface area contributed by atoms with E-state index in [0.717, 1.165) is 12.1 Å². The lowest BCUT2D eigenvalue weighted by Crippen LogP contribution is -2.18. The second kappa shape index (κ2) is 5.01. The summed E-state index contributed by atoms with van der Waals surface area (Å²) >= 11 is 0. The minimum Gasteiger partial charge on any atom is -0.455 e. The maximum Gasteiger partial charge on any atom is 0.409 e. The van der Waals surface area contributed by atoms with Crippen molar-refractivity contribution in [1.82, 2.24) is 4.90 Å². The van der Waals surface area contributed by atoms with Gasteiger partial charge in [-0.1, -0.05) is 0 Å². The topological polar surface area (TPSA) is 55.8 Å². The Labute approximate surface area is 95.0 Å². The molecule has 90 valence electrons. The fourth-order valence-corrected chi connectivity index (χ4v) is 1.48. The van der Waals surface area contributed by atoms with Crippen LogP contribution in [-0.4, -0.2) is 42.8 Å². The number of cyclic esters (lactones) is 2. The van der Waals surface area contributed by atoms with E-state index in [1.165, 1.54) is 0 Å². The summed E-state index contributed by atoms with van der Waals surface area (Å²) < 4.78 is 9.50. The lowest BCUT2D eigenvalue weighted by atomic mass is 10.3. The number of amides is 1. The molecule has 2 aliphatic heterocycles. The molecule has 0 bridgehead atoms. The van der Waals surface area contributed by atoms with E-state index in [4.69, 9.17) is 9.47 Å². The zero-order valence-corrected chi connectivity index (χ0v) is 10.0. The maximum absolute atomic E-state index is 10.5. The Balaban J connectivity index is 0.000000160. The lowest BCUT2D eigenvalue weighted by molar-refractivity contribution is -0.138. The molecule has 2 aliphatic rings. The van der Waals surface area contributed by atoms with Crippen LogP contribution in [0.5, 0.6) is 0 Å². The van der Waals surface area contributed by atoms with Crippen LogP contribution in [0.25, 0.3) is 0 Å². The van der Waals surface area contributed by atoms with Crippen LogP contribution >= 0.6 is 0 Å². The van der Waals surface area contributed by atoms with Crippen molar-refractivity contribution in [3.63, 3.8) is 0 Å². The van der Waals surface area contributed by atoms with Crippen LogP contribution in [0.3, 0.4) is 0 Å². The molecule has 1 fully saturated rings. The first-order valence-corrected chi connectivity index (χ1v) is 5.21. The average Bonchev–Trinajstić information content (AvgIpc) is 2.58. The predicted molar refractivity (Wildman–Crippen MR) is 57.9 cm³/mol. The molecule has 0 aromatic heterocycles. The molecule has 0 radical (unpaired) electrons. The molecule has 0 N–H and O–H groups in total. The van der Waals surface area contributed by atoms with Gasteiger partial charge in [0.2, 0.25) is 0 Å². The minimum absolute atomic E-state index is 0.0116. The first kappa shape index (κ1) is 12.5. The smallest absolute Gasteiger partial charge is 0.409 e. The van der Waals surface area contributed by atoms with Crippen molar-refractivity contribution in [3.05, 3.63) is 11.6 Å². The first-order valence-electron chi connectivity index (χ1n) is 5.21. The highest BCUT2D eigenvalue weighted by molar-refractivity contribution is 5.90. The second-order valence-corrected chi connectivity index (χ2v) is 4.04. The van der Waals surface area contributed by atoms with Gasteiger partial charge in [0.15, 0.2) is 0 Å². The summed E-state index contributed by atoms with van der Waals surface area (Å²) in [5.41, 5.74) is 0.720. The van der Waals surface area contributed by atoms with Crippen molar-refractivity contribution in [2.75, 3.05) is 13.6 Å². The highest BCUT2D eigenvalue weighted by atomic mass is 16.6. The maximum atomic E-state index is 10.5. The molecule has 5 nitrogen and oxygen atoms in total. The number of likely N-dealkylation sites (N-methyl/N-ethyl adjacent to an activating group) is 1. The molecular weight excluding hydrogens is 210 g/mol. The van der Waals surface area contributed by atoms with Gasteiger partial charge in [0.05, 0.1) is 6.54 Å². The summed E-state index contributed by atoms with van der Waals surface area (Å²) in [6.07, 6.45) is 1.66. The lowest BCUT2D eigenvalue weighted by Gasteiger charge is -1.99. The number of nitrogens with zero attached hydrogens (tertiary/aromatic N) is 1. The summed E-state index contributed by atoms with van der Waals surface area (Å²) in [4.78, 5) is 22.5. The molecule has 16 heavy (non-hydrogen) atoms. The third-order valence-electron chi connectivity index (χ3n) is 2.24. The quantitative estimate of drug-likeness (QED) is 0.586. The van der Waals surface area contributed by atoms with E-state index < -0.39 is 0 Å². The van der Waals surface area contributed by atoms with E-state index >= 15 is 0 Å². The predicted octanol–water partition coefficient (Wildman–Crippen LogP) is 1.33. The Morgan fingerprint density at radius 3 is 2.06 bits per heavy atom. The number of carbonyl (C=O) groups is 2. The molecule has 2 atom stereocenters. The van der Waals surface area contributed by atoms with E-state index in [1.54, 1.807) is 18.9 Å².